The minimum absolute atomic E-state index is 0.0278. The lowest BCUT2D eigenvalue weighted by Gasteiger charge is -2.40. The normalized spacial score (nSPS) is 16.5. The predicted molar refractivity (Wildman–Crippen MR) is 116 cm³/mol. The molecule has 1 atom stereocenters. The van der Waals surface area contributed by atoms with Crippen LogP contribution < -0.4 is 4.74 Å². The number of amides is 2. The summed E-state index contributed by atoms with van der Waals surface area (Å²) in [5.41, 5.74) is 3.12. The molecule has 2 aromatic rings. The van der Waals surface area contributed by atoms with Crippen molar-refractivity contribution >= 4 is 11.8 Å². The summed E-state index contributed by atoms with van der Waals surface area (Å²) < 4.78 is 10.3. The van der Waals surface area contributed by atoms with Crippen LogP contribution in [0.15, 0.2) is 61.2 Å². The van der Waals surface area contributed by atoms with Gasteiger partial charge >= 0.3 is 0 Å². The number of hydrogen-bond donors (Lipinski definition) is 0. The van der Waals surface area contributed by atoms with Gasteiger partial charge in [-0.3, -0.25) is 9.59 Å². The van der Waals surface area contributed by atoms with E-state index >= 15 is 0 Å². The topological polar surface area (TPSA) is 59.1 Å². The highest BCUT2D eigenvalue weighted by molar-refractivity contribution is 5.89. The van der Waals surface area contributed by atoms with Crippen LogP contribution in [0.4, 0.5) is 0 Å². The first-order valence-electron chi connectivity index (χ1n) is 9.98. The Morgan fingerprint density at radius 3 is 2.57 bits per heavy atom. The number of ether oxygens (including phenoxy) is 2. The average Bonchev–Trinajstić information content (AvgIpc) is 2.77. The van der Waals surface area contributed by atoms with Gasteiger partial charge in [-0.1, -0.05) is 42.5 Å². The third-order valence-corrected chi connectivity index (χ3v) is 5.31. The Balaban J connectivity index is 1.80. The van der Waals surface area contributed by atoms with E-state index in [2.05, 4.69) is 6.58 Å². The monoisotopic (exact) mass is 408 g/mol. The Labute approximate surface area is 177 Å². The van der Waals surface area contributed by atoms with Gasteiger partial charge in [0.15, 0.2) is 0 Å². The fraction of sp³-hybridized carbons (Fsp3) is 0.333. The van der Waals surface area contributed by atoms with Crippen molar-refractivity contribution in [2.24, 2.45) is 0 Å². The Morgan fingerprint density at radius 1 is 1.13 bits per heavy atom. The van der Waals surface area contributed by atoms with Crippen molar-refractivity contribution in [2.75, 3.05) is 40.5 Å². The van der Waals surface area contributed by atoms with E-state index < -0.39 is 6.04 Å². The van der Waals surface area contributed by atoms with Crippen molar-refractivity contribution in [3.63, 3.8) is 0 Å². The van der Waals surface area contributed by atoms with E-state index in [9.17, 15) is 9.59 Å². The maximum atomic E-state index is 13.0. The fourth-order valence-electron chi connectivity index (χ4n) is 3.74. The minimum Gasteiger partial charge on any atom is -0.497 e. The lowest BCUT2D eigenvalue weighted by Crippen LogP contribution is -2.60. The molecule has 1 heterocycles. The maximum absolute atomic E-state index is 13.0. The molecule has 1 fully saturated rings. The second-order valence-electron chi connectivity index (χ2n) is 7.24. The predicted octanol–water partition coefficient (Wildman–Crippen LogP) is 2.78. The average molecular weight is 408 g/mol. The molecule has 0 N–H and O–H groups in total. The molecule has 0 spiro atoms. The molecule has 1 aliphatic heterocycles. The standard InChI is InChI=1S/C24H28N2O4/c1-4-12-25-13-14-26(23(27)17-29-2)22(24(25)28)15-18-8-10-19(11-9-18)20-6-5-7-21(16-20)30-3/h4-11,16,22H,1,12-15,17H2,2-3H3/t22-/m0/s1. The minimum atomic E-state index is -0.538. The Morgan fingerprint density at radius 2 is 1.90 bits per heavy atom. The molecule has 6 heteroatoms. The number of methoxy groups -OCH3 is 2. The summed E-state index contributed by atoms with van der Waals surface area (Å²) in [5, 5.41) is 0. The van der Waals surface area contributed by atoms with Crippen molar-refractivity contribution < 1.29 is 19.1 Å². The highest BCUT2D eigenvalue weighted by Crippen LogP contribution is 2.25. The van der Waals surface area contributed by atoms with Crippen molar-refractivity contribution in [3.05, 3.63) is 66.7 Å². The summed E-state index contributed by atoms with van der Waals surface area (Å²) in [6.45, 7) is 5.18. The Hall–Kier alpha value is -3.12. The second-order valence-corrected chi connectivity index (χ2v) is 7.24. The molecule has 0 unspecified atom stereocenters. The summed E-state index contributed by atoms with van der Waals surface area (Å²) in [7, 11) is 3.13. The first-order valence-corrected chi connectivity index (χ1v) is 9.98. The highest BCUT2D eigenvalue weighted by Gasteiger charge is 2.36. The number of carbonyl (C=O) groups is 2. The van der Waals surface area contributed by atoms with Crippen molar-refractivity contribution in [2.45, 2.75) is 12.5 Å². The largest absolute Gasteiger partial charge is 0.497 e. The smallest absolute Gasteiger partial charge is 0.249 e. The molecule has 3 rings (SSSR count). The molecular weight excluding hydrogens is 380 g/mol. The van der Waals surface area contributed by atoms with Gasteiger partial charge < -0.3 is 19.3 Å². The van der Waals surface area contributed by atoms with Crippen molar-refractivity contribution in [1.29, 1.82) is 0 Å². The second kappa shape index (κ2) is 10.1. The van der Waals surface area contributed by atoms with Crippen LogP contribution in [0.5, 0.6) is 5.75 Å². The third-order valence-electron chi connectivity index (χ3n) is 5.31. The summed E-state index contributed by atoms with van der Waals surface area (Å²) >= 11 is 0. The van der Waals surface area contributed by atoms with Gasteiger partial charge in [-0.25, -0.2) is 0 Å². The van der Waals surface area contributed by atoms with Gasteiger partial charge in [-0.05, 0) is 28.8 Å². The summed E-state index contributed by atoms with van der Waals surface area (Å²) in [5.74, 6) is 0.587. The van der Waals surface area contributed by atoms with Crippen LogP contribution in [0, 0.1) is 0 Å². The summed E-state index contributed by atoms with van der Waals surface area (Å²) in [6, 6.07) is 15.4. The van der Waals surface area contributed by atoms with Gasteiger partial charge in [0.1, 0.15) is 18.4 Å². The van der Waals surface area contributed by atoms with Gasteiger partial charge in [0.25, 0.3) is 0 Å². The number of nitrogens with zero attached hydrogens (tertiary/aromatic N) is 2. The number of benzene rings is 2. The summed E-state index contributed by atoms with van der Waals surface area (Å²) in [6.07, 6.45) is 2.17. The third kappa shape index (κ3) is 4.89. The molecule has 0 radical (unpaired) electrons. The zero-order chi connectivity index (χ0) is 21.5. The molecule has 2 amide bonds. The lowest BCUT2D eigenvalue weighted by atomic mass is 9.98. The first kappa shape index (κ1) is 21.6. The molecule has 6 nitrogen and oxygen atoms in total. The van der Waals surface area contributed by atoms with Gasteiger partial charge in [-0.15, -0.1) is 6.58 Å². The van der Waals surface area contributed by atoms with Gasteiger partial charge in [0.05, 0.1) is 7.11 Å². The van der Waals surface area contributed by atoms with E-state index in [0.717, 1.165) is 22.4 Å². The molecule has 0 aliphatic carbocycles. The van der Waals surface area contributed by atoms with Crippen molar-refractivity contribution in [3.8, 4) is 16.9 Å². The van der Waals surface area contributed by atoms with Crippen LogP contribution in [0.25, 0.3) is 11.1 Å². The van der Waals surface area contributed by atoms with Crippen LogP contribution in [0.1, 0.15) is 5.56 Å². The number of piperazine rings is 1. The van der Waals surface area contributed by atoms with Crippen molar-refractivity contribution in [1.82, 2.24) is 9.80 Å². The van der Waals surface area contributed by atoms with E-state index in [4.69, 9.17) is 9.47 Å². The molecule has 2 aromatic carbocycles. The van der Waals surface area contributed by atoms with Gasteiger partial charge in [0, 0.05) is 33.2 Å². The molecule has 1 aliphatic rings. The Bertz CT molecular complexity index is 894. The van der Waals surface area contributed by atoms with E-state index in [0.29, 0.717) is 26.1 Å². The zero-order valence-electron chi connectivity index (χ0n) is 17.5. The summed E-state index contributed by atoms with van der Waals surface area (Å²) in [4.78, 5) is 28.9. The van der Waals surface area contributed by atoms with Gasteiger partial charge in [-0.2, -0.15) is 0 Å². The molecular formula is C24H28N2O4. The number of rotatable bonds is 8. The highest BCUT2D eigenvalue weighted by atomic mass is 16.5. The van der Waals surface area contributed by atoms with E-state index in [1.807, 2.05) is 48.5 Å². The molecule has 0 aromatic heterocycles. The van der Waals surface area contributed by atoms with E-state index in [1.165, 1.54) is 7.11 Å². The first-order chi connectivity index (χ1) is 14.6. The number of hydrogen-bond acceptors (Lipinski definition) is 4. The molecule has 1 saturated heterocycles. The van der Waals surface area contributed by atoms with E-state index in [1.54, 1.807) is 23.0 Å². The van der Waals surface area contributed by atoms with Crippen LogP contribution in [-0.4, -0.2) is 68.1 Å². The lowest BCUT2D eigenvalue weighted by molar-refractivity contribution is -0.152. The molecule has 0 saturated carbocycles. The molecule has 158 valence electrons. The number of carbonyl (C=O) groups excluding carboxylic acids is 2. The van der Waals surface area contributed by atoms with Crippen LogP contribution >= 0.6 is 0 Å². The Kier molecular flexibility index (Phi) is 7.25. The van der Waals surface area contributed by atoms with Gasteiger partial charge in [0.2, 0.25) is 11.8 Å². The van der Waals surface area contributed by atoms with E-state index in [-0.39, 0.29) is 18.4 Å². The van der Waals surface area contributed by atoms with Crippen LogP contribution in [0.2, 0.25) is 0 Å². The molecule has 30 heavy (non-hydrogen) atoms. The molecule has 0 bridgehead atoms. The van der Waals surface area contributed by atoms with Crippen LogP contribution in [0.3, 0.4) is 0 Å². The quantitative estimate of drug-likeness (QED) is 0.631. The van der Waals surface area contributed by atoms with Crippen LogP contribution in [-0.2, 0) is 20.7 Å². The zero-order valence-corrected chi connectivity index (χ0v) is 17.5. The SMILES string of the molecule is C=CCN1CCN(C(=O)COC)[C@@H](Cc2ccc(-c3cccc(OC)c3)cc2)C1=O. The maximum Gasteiger partial charge on any atom is 0.249 e. The fourth-order valence-corrected chi connectivity index (χ4v) is 3.74.